The Morgan fingerprint density at radius 3 is 1.21 bits per heavy atom. The van der Waals surface area contributed by atoms with Gasteiger partial charge in [0.15, 0.2) is 10.8 Å². The Kier molecular flexibility index (Phi) is 6.96. The zero-order valence-electron chi connectivity index (χ0n) is 15.8. The van der Waals surface area contributed by atoms with Crippen molar-refractivity contribution in [1.82, 2.24) is 0 Å². The van der Waals surface area contributed by atoms with Gasteiger partial charge in [-0.2, -0.15) is 0 Å². The number of aliphatic carboxylic acids is 4. The molecule has 158 valence electrons. The minimum absolute atomic E-state index is 0.000600. The van der Waals surface area contributed by atoms with Gasteiger partial charge in [-0.1, -0.05) is 35.4 Å². The molecule has 28 heavy (non-hydrogen) atoms. The van der Waals surface area contributed by atoms with E-state index in [-0.39, 0.29) is 48.0 Å². The topological polar surface area (TPSA) is 149 Å². The van der Waals surface area contributed by atoms with Crippen LogP contribution in [0.5, 0.6) is 0 Å². The van der Waals surface area contributed by atoms with Crippen LogP contribution in [0.4, 0.5) is 0 Å². The molecule has 4 unspecified atom stereocenters. The van der Waals surface area contributed by atoms with Crippen molar-refractivity contribution in [3.63, 3.8) is 0 Å². The molecule has 0 spiro atoms. The van der Waals surface area contributed by atoms with Crippen LogP contribution >= 0.6 is 21.6 Å². The van der Waals surface area contributed by atoms with Gasteiger partial charge in [-0.3, -0.25) is 19.2 Å². The fraction of sp³-hybridized carbons (Fsp3) is 0.778. The first-order chi connectivity index (χ1) is 13.0. The van der Waals surface area contributed by atoms with Gasteiger partial charge in [0.1, 0.15) is 0 Å². The quantitative estimate of drug-likeness (QED) is 0.348. The molecule has 0 aromatic heterocycles. The van der Waals surface area contributed by atoms with Crippen LogP contribution in [0.25, 0.3) is 0 Å². The van der Waals surface area contributed by atoms with Crippen LogP contribution in [-0.4, -0.2) is 54.8 Å². The van der Waals surface area contributed by atoms with E-state index in [2.05, 4.69) is 0 Å². The van der Waals surface area contributed by atoms with Gasteiger partial charge in [-0.15, -0.1) is 0 Å². The average molecular weight is 435 g/mol. The molecule has 0 aliphatic heterocycles. The van der Waals surface area contributed by atoms with Crippen LogP contribution < -0.4 is 0 Å². The number of rotatable bonds is 7. The first kappa shape index (κ1) is 22.9. The normalized spacial score (nSPS) is 31.6. The Morgan fingerprint density at radius 1 is 0.679 bits per heavy atom. The Labute approximate surface area is 170 Å². The van der Waals surface area contributed by atoms with Crippen LogP contribution in [0.15, 0.2) is 0 Å². The molecule has 2 saturated carbocycles. The van der Waals surface area contributed by atoms with Gasteiger partial charge < -0.3 is 20.4 Å². The first-order valence-corrected chi connectivity index (χ1v) is 11.5. The van der Waals surface area contributed by atoms with Crippen molar-refractivity contribution in [3.05, 3.63) is 0 Å². The van der Waals surface area contributed by atoms with E-state index >= 15 is 0 Å². The third-order valence-electron chi connectivity index (χ3n) is 6.36. The molecule has 0 amide bonds. The van der Waals surface area contributed by atoms with E-state index in [1.54, 1.807) is 0 Å². The molecule has 4 atom stereocenters. The molecule has 2 aliphatic carbocycles. The molecule has 0 aromatic carbocycles. The molecule has 10 heteroatoms. The summed E-state index contributed by atoms with van der Waals surface area (Å²) < 4.78 is 0. The molecule has 4 N–H and O–H groups in total. The highest BCUT2D eigenvalue weighted by Crippen LogP contribution is 2.52. The van der Waals surface area contributed by atoms with Crippen LogP contribution in [0.1, 0.15) is 52.4 Å². The molecule has 0 heterocycles. The molecular formula is C18H26O8S2. The summed E-state index contributed by atoms with van der Waals surface area (Å²) in [5.41, 5.74) is -3.59. The third kappa shape index (κ3) is 4.12. The smallest absolute Gasteiger partial charge is 0.321 e. The largest absolute Gasteiger partial charge is 0.480 e. The maximum Gasteiger partial charge on any atom is 0.321 e. The second-order valence-corrected chi connectivity index (χ2v) is 10.8. The van der Waals surface area contributed by atoms with Crippen LogP contribution in [-0.2, 0) is 19.2 Å². The summed E-state index contributed by atoms with van der Waals surface area (Å²) >= 11 is 0. The van der Waals surface area contributed by atoms with Crippen molar-refractivity contribution >= 4 is 45.5 Å². The maximum atomic E-state index is 11.6. The summed E-state index contributed by atoms with van der Waals surface area (Å²) in [4.78, 5) is 46.5. The molecule has 2 rings (SSSR count). The second kappa shape index (κ2) is 8.52. The lowest BCUT2D eigenvalue weighted by molar-refractivity contribution is -0.169. The number of hydrogen-bond acceptors (Lipinski definition) is 6. The summed E-state index contributed by atoms with van der Waals surface area (Å²) in [6, 6.07) is 0. The van der Waals surface area contributed by atoms with E-state index in [1.165, 1.54) is 21.6 Å². The predicted molar refractivity (Wildman–Crippen MR) is 104 cm³/mol. The van der Waals surface area contributed by atoms with Crippen molar-refractivity contribution in [2.45, 2.75) is 62.9 Å². The standard InChI is InChI=1S/C18H26O8S2/c1-9-3-5-17(13(19)20,14(21)22)7-11(9)27-28-12-8-18(15(23)24,16(25)26)6-4-10(12)2/h9-12H,3-8H2,1-2H3,(H,19,20)(H,21,22)(H,23,24)(H,25,26). The summed E-state index contributed by atoms with van der Waals surface area (Å²) in [6.45, 7) is 3.91. The summed E-state index contributed by atoms with van der Waals surface area (Å²) in [6.07, 6.45) is 1.13. The van der Waals surface area contributed by atoms with E-state index in [9.17, 15) is 39.6 Å². The SMILES string of the molecule is CC1CCC(C(=O)O)(C(=O)O)CC1SSC1CC(C(=O)O)(C(=O)O)CCC1C. The van der Waals surface area contributed by atoms with Crippen LogP contribution in [0, 0.1) is 22.7 Å². The minimum Gasteiger partial charge on any atom is -0.480 e. The third-order valence-corrected chi connectivity index (χ3v) is 10.0. The van der Waals surface area contributed by atoms with Gasteiger partial charge in [-0.25, -0.2) is 0 Å². The highest BCUT2D eigenvalue weighted by Gasteiger charge is 2.53. The van der Waals surface area contributed by atoms with Crippen molar-refractivity contribution in [2.24, 2.45) is 22.7 Å². The number of carboxylic acid groups (broad SMARTS) is 4. The summed E-state index contributed by atoms with van der Waals surface area (Å²) in [7, 11) is 2.76. The number of carboxylic acids is 4. The van der Waals surface area contributed by atoms with Crippen LogP contribution in [0.3, 0.4) is 0 Å². The fourth-order valence-electron chi connectivity index (χ4n) is 3.97. The van der Waals surface area contributed by atoms with Gasteiger partial charge in [0, 0.05) is 10.5 Å². The first-order valence-electron chi connectivity index (χ1n) is 9.22. The van der Waals surface area contributed by atoms with E-state index in [1.807, 2.05) is 13.8 Å². The Balaban J connectivity index is 2.12. The van der Waals surface area contributed by atoms with Gasteiger partial charge in [0.05, 0.1) is 0 Å². The van der Waals surface area contributed by atoms with Crippen molar-refractivity contribution in [3.8, 4) is 0 Å². The molecular weight excluding hydrogens is 408 g/mol. The zero-order chi connectivity index (χ0) is 21.3. The molecule has 8 nitrogen and oxygen atoms in total. The maximum absolute atomic E-state index is 11.6. The molecule has 2 fully saturated rings. The molecule has 0 radical (unpaired) electrons. The second-order valence-electron chi connectivity index (χ2n) is 8.09. The summed E-state index contributed by atoms with van der Waals surface area (Å²) in [5, 5.41) is 37.5. The molecule has 2 aliphatic rings. The highest BCUT2D eigenvalue weighted by atomic mass is 33.1. The fourth-order valence-corrected chi connectivity index (χ4v) is 8.02. The minimum atomic E-state index is -1.80. The van der Waals surface area contributed by atoms with E-state index in [4.69, 9.17) is 0 Å². The lowest BCUT2D eigenvalue weighted by Gasteiger charge is -2.40. The molecule has 0 aromatic rings. The lowest BCUT2D eigenvalue weighted by Crippen LogP contribution is -2.47. The van der Waals surface area contributed by atoms with E-state index < -0.39 is 34.7 Å². The Hall–Kier alpha value is -1.42. The number of hydrogen-bond donors (Lipinski definition) is 4. The van der Waals surface area contributed by atoms with Crippen LogP contribution in [0.2, 0.25) is 0 Å². The molecule has 0 saturated heterocycles. The van der Waals surface area contributed by atoms with Gasteiger partial charge >= 0.3 is 23.9 Å². The zero-order valence-corrected chi connectivity index (χ0v) is 17.4. The Morgan fingerprint density at radius 2 is 0.964 bits per heavy atom. The predicted octanol–water partition coefficient (Wildman–Crippen LogP) is 3.06. The van der Waals surface area contributed by atoms with E-state index in [0.29, 0.717) is 12.8 Å². The van der Waals surface area contributed by atoms with Gasteiger partial charge in [0.2, 0.25) is 0 Å². The monoisotopic (exact) mass is 434 g/mol. The average Bonchev–Trinajstić information content (AvgIpc) is 2.61. The Bertz CT molecular complexity index is 580. The van der Waals surface area contributed by atoms with Crippen molar-refractivity contribution in [2.75, 3.05) is 0 Å². The van der Waals surface area contributed by atoms with Gasteiger partial charge in [0.25, 0.3) is 0 Å². The molecule has 0 bridgehead atoms. The highest BCUT2D eigenvalue weighted by molar-refractivity contribution is 8.77. The summed E-state index contributed by atoms with van der Waals surface area (Å²) in [5.74, 6) is -5.08. The number of carbonyl (C=O) groups is 4. The van der Waals surface area contributed by atoms with Crippen molar-refractivity contribution < 1.29 is 39.6 Å². The lowest BCUT2D eigenvalue weighted by atomic mass is 9.70. The van der Waals surface area contributed by atoms with Gasteiger partial charge in [-0.05, 0) is 50.4 Å². The van der Waals surface area contributed by atoms with Crippen molar-refractivity contribution in [1.29, 1.82) is 0 Å². The van der Waals surface area contributed by atoms with E-state index in [0.717, 1.165) is 0 Å².